The van der Waals surface area contributed by atoms with Crippen molar-refractivity contribution in [3.05, 3.63) is 23.3 Å². The molecule has 30 heavy (non-hydrogen) atoms. The second-order valence-corrected chi connectivity index (χ2v) is 10.7. The van der Waals surface area contributed by atoms with Gasteiger partial charge in [0.05, 0.1) is 6.10 Å². The molecule has 0 saturated heterocycles. The summed E-state index contributed by atoms with van der Waals surface area (Å²) in [6.07, 6.45) is 12.3. The van der Waals surface area contributed by atoms with Crippen LogP contribution in [0.5, 0.6) is 11.5 Å². The van der Waals surface area contributed by atoms with E-state index in [1.165, 1.54) is 31.2 Å². The minimum absolute atomic E-state index is 0.0354. The van der Waals surface area contributed by atoms with E-state index in [1.54, 1.807) is 6.07 Å². The molecule has 3 fully saturated rings. The zero-order chi connectivity index (χ0) is 20.9. The van der Waals surface area contributed by atoms with Crippen LogP contribution in [0.1, 0.15) is 94.6 Å². The third kappa shape index (κ3) is 3.45. The van der Waals surface area contributed by atoms with Gasteiger partial charge in [-0.15, -0.1) is 0 Å². The molecule has 0 unspecified atom stereocenters. The number of hydrogen-bond donors (Lipinski definition) is 2. The molecule has 1 aromatic rings. The van der Waals surface area contributed by atoms with Crippen LogP contribution in [0.25, 0.3) is 0 Å². The average Bonchev–Trinajstić information content (AvgIpc) is 3.34. The largest absolute Gasteiger partial charge is 0.508 e. The summed E-state index contributed by atoms with van der Waals surface area (Å²) >= 11 is 0. The number of rotatable bonds is 4. The highest BCUT2D eigenvalue weighted by molar-refractivity contribution is 5.73. The number of esters is 1. The van der Waals surface area contributed by atoms with Crippen LogP contribution in [-0.4, -0.2) is 22.3 Å². The summed E-state index contributed by atoms with van der Waals surface area (Å²) in [5, 5.41) is 20.9. The van der Waals surface area contributed by atoms with Crippen LogP contribution in [0.15, 0.2) is 12.1 Å². The molecule has 2 N–H and O–H groups in total. The Balaban J connectivity index is 1.37. The van der Waals surface area contributed by atoms with E-state index in [0.717, 1.165) is 50.5 Å². The quantitative estimate of drug-likeness (QED) is 0.507. The summed E-state index contributed by atoms with van der Waals surface area (Å²) in [7, 11) is 0. The maximum absolute atomic E-state index is 12.7. The number of phenolic OH excluding ortho intramolecular Hbond substituents is 1. The van der Waals surface area contributed by atoms with Crippen LogP contribution < -0.4 is 4.74 Å². The first-order chi connectivity index (χ1) is 14.5. The first kappa shape index (κ1) is 20.4. The van der Waals surface area contributed by atoms with Crippen LogP contribution in [0.2, 0.25) is 0 Å². The lowest BCUT2D eigenvalue weighted by molar-refractivity contribution is -0.134. The van der Waals surface area contributed by atoms with Crippen molar-refractivity contribution in [2.24, 2.45) is 23.2 Å². The number of fused-ring (bicyclic) bond motifs is 5. The van der Waals surface area contributed by atoms with Crippen molar-refractivity contribution in [3.8, 4) is 11.5 Å². The lowest BCUT2D eigenvalue weighted by atomic mass is 9.55. The Morgan fingerprint density at radius 2 is 1.93 bits per heavy atom. The Hall–Kier alpha value is -1.55. The minimum Gasteiger partial charge on any atom is -0.508 e. The number of aliphatic hydroxyl groups excluding tert-OH is 1. The van der Waals surface area contributed by atoms with Crippen LogP contribution in [0, 0.1) is 23.2 Å². The molecule has 0 amide bonds. The van der Waals surface area contributed by atoms with Gasteiger partial charge in [0, 0.05) is 18.1 Å². The number of carbonyl (C=O) groups excluding carboxylic acids is 1. The van der Waals surface area contributed by atoms with E-state index in [1.807, 2.05) is 6.07 Å². The molecule has 164 valence electrons. The zero-order valence-electron chi connectivity index (χ0n) is 18.2. The molecule has 0 radical (unpaired) electrons. The Bertz CT molecular complexity index is 811. The standard InChI is InChI=1S/C26H36O4/c1-26-13-12-20-19(21(26)9-10-23(26)28)8-7-17-14-18(27)15-22(25(17)20)30-24(29)11-6-16-4-2-3-5-16/h14-16,19-21,23,27-28H,2-13H2,1H3/t19-,20+,21+,23-,26+/m1/s1. The molecule has 4 nitrogen and oxygen atoms in total. The van der Waals surface area contributed by atoms with Gasteiger partial charge in [0.25, 0.3) is 0 Å². The molecule has 5 atom stereocenters. The number of ether oxygens (including phenoxy) is 1. The van der Waals surface area contributed by atoms with Crippen molar-refractivity contribution in [1.82, 2.24) is 0 Å². The topological polar surface area (TPSA) is 66.8 Å². The van der Waals surface area contributed by atoms with E-state index >= 15 is 0 Å². The number of aromatic hydroxyl groups is 1. The van der Waals surface area contributed by atoms with Gasteiger partial charge in [-0.1, -0.05) is 32.6 Å². The third-order valence-electron chi connectivity index (χ3n) is 9.17. The summed E-state index contributed by atoms with van der Waals surface area (Å²) in [4.78, 5) is 12.7. The summed E-state index contributed by atoms with van der Waals surface area (Å²) in [6, 6.07) is 3.53. The van der Waals surface area contributed by atoms with Gasteiger partial charge >= 0.3 is 5.97 Å². The van der Waals surface area contributed by atoms with Gasteiger partial charge in [-0.25, -0.2) is 0 Å². The van der Waals surface area contributed by atoms with Crippen molar-refractivity contribution in [3.63, 3.8) is 0 Å². The van der Waals surface area contributed by atoms with E-state index in [-0.39, 0.29) is 23.2 Å². The Kier molecular flexibility index (Phi) is 5.33. The minimum atomic E-state index is -0.183. The third-order valence-corrected chi connectivity index (χ3v) is 9.17. The number of benzene rings is 1. The van der Waals surface area contributed by atoms with Crippen molar-refractivity contribution in [1.29, 1.82) is 0 Å². The first-order valence-corrected chi connectivity index (χ1v) is 12.2. The molecular weight excluding hydrogens is 376 g/mol. The summed E-state index contributed by atoms with van der Waals surface area (Å²) < 4.78 is 5.91. The molecule has 0 heterocycles. The highest BCUT2D eigenvalue weighted by Gasteiger charge is 2.54. The van der Waals surface area contributed by atoms with Gasteiger partial charge in [0.1, 0.15) is 11.5 Å². The lowest BCUT2D eigenvalue weighted by Gasteiger charge is -2.50. The molecule has 4 aliphatic carbocycles. The van der Waals surface area contributed by atoms with Crippen LogP contribution >= 0.6 is 0 Å². The highest BCUT2D eigenvalue weighted by Crippen LogP contribution is 2.62. The fourth-order valence-corrected chi connectivity index (χ4v) is 7.52. The number of carbonyl (C=O) groups is 1. The lowest BCUT2D eigenvalue weighted by Crippen LogP contribution is -2.44. The fourth-order valence-electron chi connectivity index (χ4n) is 7.52. The van der Waals surface area contributed by atoms with Crippen molar-refractivity contribution in [2.45, 2.75) is 96.0 Å². The normalized spacial score (nSPS) is 35.5. The summed E-state index contributed by atoms with van der Waals surface area (Å²) in [6.45, 7) is 2.28. The molecule has 0 aromatic heterocycles. The van der Waals surface area contributed by atoms with Gasteiger partial charge < -0.3 is 14.9 Å². The Labute approximate surface area is 180 Å². The fraction of sp³-hybridized carbons (Fsp3) is 0.731. The van der Waals surface area contributed by atoms with Gasteiger partial charge in [0.15, 0.2) is 0 Å². The SMILES string of the molecule is C[C@]12CC[C@@H]3c4c(cc(O)cc4OC(=O)CCC4CCCC4)CC[C@H]3[C@@H]1CC[C@H]2O. The molecular formula is C26H36O4. The molecule has 1 aromatic carbocycles. The first-order valence-electron chi connectivity index (χ1n) is 12.2. The van der Waals surface area contributed by atoms with Gasteiger partial charge in [0.2, 0.25) is 0 Å². The van der Waals surface area contributed by atoms with Gasteiger partial charge in [-0.3, -0.25) is 4.79 Å². The van der Waals surface area contributed by atoms with E-state index in [0.29, 0.717) is 35.8 Å². The molecule has 4 aliphatic rings. The molecule has 5 rings (SSSR count). The van der Waals surface area contributed by atoms with Crippen molar-refractivity contribution < 1.29 is 19.7 Å². The molecule has 0 aliphatic heterocycles. The number of aryl methyl sites for hydroxylation is 1. The highest BCUT2D eigenvalue weighted by atomic mass is 16.5. The van der Waals surface area contributed by atoms with Crippen LogP contribution in [0.3, 0.4) is 0 Å². The second-order valence-electron chi connectivity index (χ2n) is 10.7. The van der Waals surface area contributed by atoms with Gasteiger partial charge in [-0.2, -0.15) is 0 Å². The van der Waals surface area contributed by atoms with Crippen LogP contribution in [0.4, 0.5) is 0 Å². The summed E-state index contributed by atoms with van der Waals surface area (Å²) in [5.41, 5.74) is 2.35. The number of phenols is 1. The van der Waals surface area contributed by atoms with Crippen molar-refractivity contribution >= 4 is 5.97 Å². The number of aliphatic hydroxyl groups is 1. The smallest absolute Gasteiger partial charge is 0.311 e. The van der Waals surface area contributed by atoms with E-state index < -0.39 is 0 Å². The Morgan fingerprint density at radius 1 is 1.13 bits per heavy atom. The Morgan fingerprint density at radius 3 is 2.73 bits per heavy atom. The second kappa shape index (κ2) is 7.85. The van der Waals surface area contributed by atoms with E-state index in [9.17, 15) is 15.0 Å². The molecule has 4 heteroatoms. The predicted molar refractivity (Wildman–Crippen MR) is 116 cm³/mol. The van der Waals surface area contributed by atoms with Gasteiger partial charge in [-0.05, 0) is 85.7 Å². The molecule has 0 bridgehead atoms. The molecule has 0 spiro atoms. The number of hydrogen-bond acceptors (Lipinski definition) is 4. The summed E-state index contributed by atoms with van der Waals surface area (Å²) in [5.74, 6) is 2.75. The van der Waals surface area contributed by atoms with E-state index in [2.05, 4.69) is 6.92 Å². The maximum Gasteiger partial charge on any atom is 0.311 e. The van der Waals surface area contributed by atoms with Crippen LogP contribution in [-0.2, 0) is 11.2 Å². The zero-order valence-corrected chi connectivity index (χ0v) is 18.2. The van der Waals surface area contributed by atoms with E-state index in [4.69, 9.17) is 4.74 Å². The maximum atomic E-state index is 12.7. The molecule has 3 saturated carbocycles. The predicted octanol–water partition coefficient (Wildman–Crippen LogP) is 5.49. The monoisotopic (exact) mass is 412 g/mol. The average molecular weight is 413 g/mol. The van der Waals surface area contributed by atoms with Crippen molar-refractivity contribution in [2.75, 3.05) is 0 Å².